The smallest absolute Gasteiger partial charge is 0.375 e. The van der Waals surface area contributed by atoms with Gasteiger partial charge in [-0.25, -0.2) is 13.1 Å². The van der Waals surface area contributed by atoms with E-state index in [0.717, 1.165) is 22.3 Å². The van der Waals surface area contributed by atoms with Gasteiger partial charge >= 0.3 is 19.5 Å². The van der Waals surface area contributed by atoms with E-state index in [4.69, 9.17) is 16.3 Å². The number of nitrogens with one attached hydrogen (secondary N) is 2. The van der Waals surface area contributed by atoms with Crippen molar-refractivity contribution in [3.05, 3.63) is 137 Å². The molecule has 0 aliphatic carbocycles. The molecule has 0 radical (unpaired) electrons. The van der Waals surface area contributed by atoms with Crippen LogP contribution in [0.3, 0.4) is 0 Å². The van der Waals surface area contributed by atoms with Gasteiger partial charge in [0.25, 0.3) is 0 Å². The maximum absolute atomic E-state index is 13.5. The third-order valence-corrected chi connectivity index (χ3v) is 8.09. The summed E-state index contributed by atoms with van der Waals surface area (Å²) in [5.41, 5.74) is 5.02. The normalized spacial score (nSPS) is 12.9. The Morgan fingerprint density at radius 2 is 1.28 bits per heavy atom. The fourth-order valence-electron chi connectivity index (χ4n) is 4.23. The average Bonchev–Trinajstić information content (AvgIpc) is 2.96. The SMILES string of the molecule is Cc1ccc(COCCN[C@H](c2ccccc2)[C@H](NS(=O)(=O)c2ccc(CCl)cc2)c2ccccc2)cc1.[Ru+2]. The quantitative estimate of drug-likeness (QED) is 0.101. The largest absolute Gasteiger partial charge is 2.00 e. The molecule has 0 unspecified atom stereocenters. The molecule has 0 aliphatic rings. The third kappa shape index (κ3) is 9.07. The van der Waals surface area contributed by atoms with E-state index in [2.05, 4.69) is 41.2 Å². The zero-order valence-corrected chi connectivity index (χ0v) is 25.1. The van der Waals surface area contributed by atoms with Crippen molar-refractivity contribution in [2.24, 2.45) is 0 Å². The molecule has 4 aromatic carbocycles. The molecule has 0 amide bonds. The predicted molar refractivity (Wildman–Crippen MR) is 154 cm³/mol. The summed E-state index contributed by atoms with van der Waals surface area (Å²) in [7, 11) is -3.82. The molecule has 8 heteroatoms. The summed E-state index contributed by atoms with van der Waals surface area (Å²) in [6, 6.07) is 33.5. The number of sulfonamides is 1. The Kier molecular flexibility index (Phi) is 12.3. The van der Waals surface area contributed by atoms with Crippen LogP contribution < -0.4 is 10.0 Å². The Hall–Kier alpha value is -2.38. The second-order valence-corrected chi connectivity index (χ2v) is 11.1. The van der Waals surface area contributed by atoms with Gasteiger partial charge in [-0.15, -0.1) is 11.6 Å². The van der Waals surface area contributed by atoms with E-state index in [1.165, 1.54) is 5.56 Å². The summed E-state index contributed by atoms with van der Waals surface area (Å²) in [6.45, 7) is 3.60. The molecule has 0 bridgehead atoms. The van der Waals surface area contributed by atoms with Crippen molar-refractivity contribution in [1.82, 2.24) is 10.0 Å². The molecular formula is C31H33ClN2O3RuS+2. The first-order chi connectivity index (χ1) is 18.5. The van der Waals surface area contributed by atoms with Crippen LogP contribution >= 0.6 is 11.6 Å². The summed E-state index contributed by atoms with van der Waals surface area (Å²) in [5, 5.41) is 3.55. The molecule has 39 heavy (non-hydrogen) atoms. The third-order valence-electron chi connectivity index (χ3n) is 6.32. The molecule has 0 saturated heterocycles. The maximum atomic E-state index is 13.5. The molecule has 2 N–H and O–H groups in total. The first-order valence-electron chi connectivity index (χ1n) is 12.6. The van der Waals surface area contributed by atoms with Crippen LogP contribution in [0.1, 0.15) is 39.9 Å². The van der Waals surface area contributed by atoms with Gasteiger partial charge in [-0.2, -0.15) is 0 Å². The van der Waals surface area contributed by atoms with Gasteiger partial charge in [0, 0.05) is 12.4 Å². The number of benzene rings is 4. The first-order valence-corrected chi connectivity index (χ1v) is 14.6. The number of hydrogen-bond donors (Lipinski definition) is 2. The van der Waals surface area contributed by atoms with E-state index < -0.39 is 16.1 Å². The van der Waals surface area contributed by atoms with Gasteiger partial charge in [0.15, 0.2) is 0 Å². The Morgan fingerprint density at radius 3 is 1.85 bits per heavy atom. The maximum Gasteiger partial charge on any atom is 2.00 e. The molecule has 0 heterocycles. The molecule has 0 saturated carbocycles. The Morgan fingerprint density at radius 1 is 0.744 bits per heavy atom. The summed E-state index contributed by atoms with van der Waals surface area (Å²) in [5.74, 6) is 0.326. The van der Waals surface area contributed by atoms with Crippen LogP contribution in [0, 0.1) is 6.92 Å². The molecular weight excluding hydrogens is 617 g/mol. The topological polar surface area (TPSA) is 67.4 Å². The number of aryl methyl sites for hydroxylation is 1. The zero-order valence-electron chi connectivity index (χ0n) is 21.7. The molecule has 0 fully saturated rings. The minimum atomic E-state index is -3.82. The Balaban J connectivity index is 0.00000420. The second-order valence-electron chi connectivity index (χ2n) is 9.17. The van der Waals surface area contributed by atoms with Crippen molar-refractivity contribution in [3.8, 4) is 0 Å². The van der Waals surface area contributed by atoms with Crippen molar-refractivity contribution in [2.75, 3.05) is 13.2 Å². The van der Waals surface area contributed by atoms with E-state index in [-0.39, 0.29) is 30.4 Å². The van der Waals surface area contributed by atoms with Crippen LogP contribution in [0.5, 0.6) is 0 Å². The summed E-state index contributed by atoms with van der Waals surface area (Å²) < 4.78 is 35.9. The summed E-state index contributed by atoms with van der Waals surface area (Å²) >= 11 is 5.90. The molecule has 0 spiro atoms. The zero-order chi connectivity index (χ0) is 26.8. The average molecular weight is 650 g/mol. The van der Waals surface area contributed by atoms with Gasteiger partial charge < -0.3 is 10.1 Å². The van der Waals surface area contributed by atoms with Crippen molar-refractivity contribution < 1.29 is 32.6 Å². The van der Waals surface area contributed by atoms with E-state index in [0.29, 0.717) is 25.6 Å². The van der Waals surface area contributed by atoms with Crippen LogP contribution in [0.25, 0.3) is 0 Å². The molecule has 4 aromatic rings. The number of ether oxygens (including phenoxy) is 1. The van der Waals surface area contributed by atoms with Gasteiger partial charge in [0.2, 0.25) is 10.0 Å². The molecule has 5 nitrogen and oxygen atoms in total. The van der Waals surface area contributed by atoms with Gasteiger partial charge in [0.1, 0.15) is 0 Å². The van der Waals surface area contributed by atoms with Crippen LogP contribution in [0.15, 0.2) is 114 Å². The van der Waals surface area contributed by atoms with Crippen LogP contribution in [-0.2, 0) is 46.7 Å². The molecule has 0 aromatic heterocycles. The number of alkyl halides is 1. The predicted octanol–water partition coefficient (Wildman–Crippen LogP) is 6.30. The van der Waals surface area contributed by atoms with E-state index in [1.807, 2.05) is 60.7 Å². The van der Waals surface area contributed by atoms with Crippen molar-refractivity contribution >= 4 is 21.6 Å². The standard InChI is InChI=1S/C31H33ClN2O3S.Ru/c1-24-12-14-26(15-13-24)23-37-21-20-33-30(27-8-4-2-5-9-27)31(28-10-6-3-7-11-28)34-38(35,36)29-18-16-25(22-32)17-19-29;/h2-19,30-31,33-34H,20-23H2,1H3;/q;+2/t30-,31-;/m1./s1. The number of halogens is 1. The fourth-order valence-corrected chi connectivity index (χ4v) is 5.65. The van der Waals surface area contributed by atoms with Crippen molar-refractivity contribution in [1.29, 1.82) is 0 Å². The Bertz CT molecular complexity index is 1370. The Labute approximate surface area is 249 Å². The minimum absolute atomic E-state index is 0. The first kappa shape index (κ1) is 31.2. The van der Waals surface area contributed by atoms with Gasteiger partial charge in [0.05, 0.1) is 30.2 Å². The monoisotopic (exact) mass is 650 g/mol. The van der Waals surface area contributed by atoms with Crippen LogP contribution in [0.2, 0.25) is 0 Å². The summed E-state index contributed by atoms with van der Waals surface area (Å²) in [6.07, 6.45) is 0. The van der Waals surface area contributed by atoms with E-state index in [1.54, 1.807) is 24.3 Å². The number of hydrogen-bond acceptors (Lipinski definition) is 4. The molecule has 0 aliphatic heterocycles. The van der Waals surface area contributed by atoms with Gasteiger partial charge in [-0.1, -0.05) is 103 Å². The van der Waals surface area contributed by atoms with Crippen LogP contribution in [0.4, 0.5) is 0 Å². The summed E-state index contributed by atoms with van der Waals surface area (Å²) in [4.78, 5) is 0.195. The van der Waals surface area contributed by atoms with E-state index >= 15 is 0 Å². The molecule has 4 rings (SSSR count). The second kappa shape index (κ2) is 15.4. The fraction of sp³-hybridized carbons (Fsp3) is 0.226. The van der Waals surface area contributed by atoms with Gasteiger partial charge in [-0.05, 0) is 41.3 Å². The van der Waals surface area contributed by atoms with E-state index in [9.17, 15) is 8.42 Å². The van der Waals surface area contributed by atoms with Crippen LogP contribution in [-0.4, -0.2) is 21.6 Å². The van der Waals surface area contributed by atoms with Crippen molar-refractivity contribution in [2.45, 2.75) is 36.4 Å². The minimum Gasteiger partial charge on any atom is -0.375 e. The molecule has 2 atom stereocenters. The van der Waals surface area contributed by atoms with Gasteiger partial charge in [-0.3, -0.25) is 0 Å². The molecule has 204 valence electrons. The van der Waals surface area contributed by atoms with Crippen molar-refractivity contribution in [3.63, 3.8) is 0 Å². The number of rotatable bonds is 13.